The lowest BCUT2D eigenvalue weighted by Crippen LogP contribution is -2.50. The van der Waals surface area contributed by atoms with Crippen molar-refractivity contribution in [1.29, 1.82) is 0 Å². The van der Waals surface area contributed by atoms with Crippen molar-refractivity contribution >= 4 is 11.8 Å². The molecule has 4 atom stereocenters. The third-order valence-corrected chi connectivity index (χ3v) is 14.0. The first-order chi connectivity index (χ1) is 26.9. The number of hydrogen-bond donors (Lipinski definition) is 2. The standard InChI is InChI=1S/C46H61N7O2/c1-4-39(51-26-10-7-11-27-51)45(55)53-29-13-17-41(53)43-48-31-38(50-43)35-22-24-46(5-2,25-23-35)36-20-18-34(19-21-36)37-30-47-42(49-37)40-16-12-28-52(40)44(54)32(3)33-14-8-6-9-15-33/h6,8-9,14-15,18-21,30-32,35,39-41H,4-5,7,10-13,16-17,22-29H2,1-3H3,(H,47,49)(H,48,50)/t32-,35?,39-,40+,41+,46?/m1/s1. The molecule has 1 saturated carbocycles. The number of nitrogens with one attached hydrogen (secondary N) is 2. The molecule has 4 aliphatic rings. The summed E-state index contributed by atoms with van der Waals surface area (Å²) in [4.78, 5) is 51.1. The molecule has 2 aromatic heterocycles. The number of aromatic nitrogens is 4. The van der Waals surface area contributed by atoms with Crippen LogP contribution in [-0.2, 0) is 15.0 Å². The van der Waals surface area contributed by atoms with E-state index in [-0.39, 0.29) is 35.4 Å². The molecule has 292 valence electrons. The highest BCUT2D eigenvalue weighted by Crippen LogP contribution is 2.47. The summed E-state index contributed by atoms with van der Waals surface area (Å²) in [5.41, 5.74) is 6.01. The van der Waals surface area contributed by atoms with Crippen molar-refractivity contribution in [3.8, 4) is 11.3 Å². The molecule has 0 unspecified atom stereocenters. The molecule has 9 nitrogen and oxygen atoms in total. The molecule has 0 spiro atoms. The predicted octanol–water partition coefficient (Wildman–Crippen LogP) is 9.20. The highest BCUT2D eigenvalue weighted by molar-refractivity contribution is 5.84. The van der Waals surface area contributed by atoms with Gasteiger partial charge in [0.25, 0.3) is 0 Å². The zero-order chi connectivity index (χ0) is 37.9. The van der Waals surface area contributed by atoms with Crippen molar-refractivity contribution in [3.63, 3.8) is 0 Å². The lowest BCUT2D eigenvalue weighted by molar-refractivity contribution is -0.138. The predicted molar refractivity (Wildman–Crippen MR) is 218 cm³/mol. The van der Waals surface area contributed by atoms with Gasteiger partial charge in [-0.2, -0.15) is 0 Å². The number of benzene rings is 2. The van der Waals surface area contributed by atoms with Gasteiger partial charge in [0.15, 0.2) is 0 Å². The number of piperidine rings is 1. The van der Waals surface area contributed by atoms with E-state index < -0.39 is 0 Å². The number of rotatable bonds is 11. The van der Waals surface area contributed by atoms with E-state index in [1.807, 2.05) is 48.4 Å². The summed E-state index contributed by atoms with van der Waals surface area (Å²) in [6.07, 6.45) is 18.2. The van der Waals surface area contributed by atoms with Gasteiger partial charge >= 0.3 is 0 Å². The highest BCUT2D eigenvalue weighted by Gasteiger charge is 2.40. The molecule has 2 aromatic carbocycles. The SMILES string of the molecule is CC[C@H](C(=O)N1CCC[C@H]1c1ncc(C2CCC(CC)(c3ccc(-c4cnc([C@@H]5CCCN5C(=O)[C@H](C)c5ccccc5)[nH]4)cc3)CC2)[nH]1)N1CCCCC1. The lowest BCUT2D eigenvalue weighted by Gasteiger charge is -2.40. The Balaban J connectivity index is 0.895. The average molecular weight is 744 g/mol. The second kappa shape index (κ2) is 16.5. The van der Waals surface area contributed by atoms with Crippen LogP contribution in [-0.4, -0.2) is 78.7 Å². The maximum absolute atomic E-state index is 13.9. The first kappa shape index (κ1) is 37.7. The summed E-state index contributed by atoms with van der Waals surface area (Å²) in [6, 6.07) is 19.3. The molecule has 5 heterocycles. The summed E-state index contributed by atoms with van der Waals surface area (Å²) >= 11 is 0. The number of aromatic amines is 2. The Kier molecular flexibility index (Phi) is 11.3. The first-order valence-corrected chi connectivity index (χ1v) is 21.5. The second-order valence-corrected chi connectivity index (χ2v) is 16.9. The summed E-state index contributed by atoms with van der Waals surface area (Å²) in [5, 5.41) is 0. The molecule has 1 aliphatic carbocycles. The van der Waals surface area contributed by atoms with Gasteiger partial charge in [0.05, 0.1) is 35.9 Å². The zero-order valence-corrected chi connectivity index (χ0v) is 33.3. The Morgan fingerprint density at radius 1 is 0.745 bits per heavy atom. The van der Waals surface area contributed by atoms with E-state index in [4.69, 9.17) is 9.97 Å². The zero-order valence-electron chi connectivity index (χ0n) is 33.3. The Morgan fingerprint density at radius 3 is 2.04 bits per heavy atom. The number of amides is 2. The van der Waals surface area contributed by atoms with Crippen LogP contribution in [0.25, 0.3) is 11.3 Å². The molecule has 3 aliphatic heterocycles. The van der Waals surface area contributed by atoms with Gasteiger partial charge in [-0.25, -0.2) is 9.97 Å². The van der Waals surface area contributed by atoms with Crippen molar-refractivity contribution in [2.75, 3.05) is 26.2 Å². The van der Waals surface area contributed by atoms with Gasteiger partial charge in [-0.15, -0.1) is 0 Å². The number of nitrogens with zero attached hydrogens (tertiary/aromatic N) is 5. The maximum Gasteiger partial charge on any atom is 0.240 e. The second-order valence-electron chi connectivity index (χ2n) is 16.9. The molecular weight excluding hydrogens is 683 g/mol. The van der Waals surface area contributed by atoms with E-state index in [0.29, 0.717) is 11.8 Å². The van der Waals surface area contributed by atoms with Crippen LogP contribution in [0, 0.1) is 0 Å². The van der Waals surface area contributed by atoms with Crippen LogP contribution in [0.5, 0.6) is 0 Å². The molecule has 4 fully saturated rings. The van der Waals surface area contributed by atoms with E-state index in [0.717, 1.165) is 119 Å². The minimum Gasteiger partial charge on any atom is -0.344 e. The summed E-state index contributed by atoms with van der Waals surface area (Å²) in [6.45, 7) is 10.2. The minimum atomic E-state index is -0.176. The molecule has 0 bridgehead atoms. The van der Waals surface area contributed by atoms with Gasteiger partial charge in [0, 0.05) is 30.9 Å². The van der Waals surface area contributed by atoms with Crippen molar-refractivity contribution in [2.45, 2.75) is 140 Å². The van der Waals surface area contributed by atoms with Crippen molar-refractivity contribution in [3.05, 3.63) is 95.5 Å². The van der Waals surface area contributed by atoms with Gasteiger partial charge in [-0.1, -0.05) is 74.9 Å². The minimum absolute atomic E-state index is 0.00364. The molecule has 3 saturated heterocycles. The van der Waals surface area contributed by atoms with Crippen LogP contribution in [0.2, 0.25) is 0 Å². The Labute approximate surface area is 327 Å². The van der Waals surface area contributed by atoms with Gasteiger partial charge in [0.2, 0.25) is 11.8 Å². The van der Waals surface area contributed by atoms with Crippen LogP contribution in [0.15, 0.2) is 67.0 Å². The van der Waals surface area contributed by atoms with Crippen molar-refractivity contribution < 1.29 is 9.59 Å². The van der Waals surface area contributed by atoms with Gasteiger partial charge in [0.1, 0.15) is 11.6 Å². The summed E-state index contributed by atoms with van der Waals surface area (Å²) in [7, 11) is 0. The van der Waals surface area contributed by atoms with E-state index in [2.05, 4.69) is 64.1 Å². The third kappa shape index (κ3) is 7.53. The maximum atomic E-state index is 13.9. The van der Waals surface area contributed by atoms with Gasteiger partial charge in [-0.05, 0) is 119 Å². The summed E-state index contributed by atoms with van der Waals surface area (Å²) in [5.74, 6) is 2.62. The number of carbonyl (C=O) groups is 2. The average Bonchev–Trinajstić information content (AvgIpc) is 4.08. The smallest absolute Gasteiger partial charge is 0.240 e. The van der Waals surface area contributed by atoms with Crippen LogP contribution in [0.1, 0.15) is 157 Å². The van der Waals surface area contributed by atoms with E-state index >= 15 is 0 Å². The number of carbonyl (C=O) groups excluding carboxylic acids is 2. The molecule has 55 heavy (non-hydrogen) atoms. The molecule has 8 rings (SSSR count). The van der Waals surface area contributed by atoms with E-state index in [1.54, 1.807) is 0 Å². The Hall–Kier alpha value is -4.24. The van der Waals surface area contributed by atoms with Gasteiger partial charge < -0.3 is 19.8 Å². The fourth-order valence-corrected chi connectivity index (χ4v) is 10.5. The largest absolute Gasteiger partial charge is 0.344 e. The molecule has 0 radical (unpaired) electrons. The van der Waals surface area contributed by atoms with Gasteiger partial charge in [-0.3, -0.25) is 14.5 Å². The molecule has 9 heteroatoms. The monoisotopic (exact) mass is 743 g/mol. The quantitative estimate of drug-likeness (QED) is 0.160. The molecule has 2 N–H and O–H groups in total. The normalized spacial score (nSPS) is 26.0. The fourth-order valence-electron chi connectivity index (χ4n) is 10.5. The van der Waals surface area contributed by atoms with Crippen LogP contribution < -0.4 is 0 Å². The lowest BCUT2D eigenvalue weighted by atomic mass is 9.65. The van der Waals surface area contributed by atoms with Crippen molar-refractivity contribution in [2.24, 2.45) is 0 Å². The first-order valence-electron chi connectivity index (χ1n) is 21.5. The third-order valence-electron chi connectivity index (χ3n) is 14.0. The molecular formula is C46H61N7O2. The van der Waals surface area contributed by atoms with Crippen LogP contribution >= 0.6 is 0 Å². The number of likely N-dealkylation sites (tertiary alicyclic amines) is 3. The molecule has 4 aromatic rings. The fraction of sp³-hybridized carbons (Fsp3) is 0.565. The van der Waals surface area contributed by atoms with Crippen LogP contribution in [0.3, 0.4) is 0 Å². The Morgan fingerprint density at radius 2 is 1.38 bits per heavy atom. The van der Waals surface area contributed by atoms with Crippen LogP contribution in [0.4, 0.5) is 0 Å². The highest BCUT2D eigenvalue weighted by atomic mass is 16.2. The Bertz CT molecular complexity index is 1890. The number of hydrogen-bond acceptors (Lipinski definition) is 5. The molecule has 2 amide bonds. The van der Waals surface area contributed by atoms with E-state index in [1.165, 1.54) is 30.5 Å². The van der Waals surface area contributed by atoms with E-state index in [9.17, 15) is 9.59 Å². The topological polar surface area (TPSA) is 101 Å². The van der Waals surface area contributed by atoms with Crippen molar-refractivity contribution in [1.82, 2.24) is 34.6 Å². The summed E-state index contributed by atoms with van der Waals surface area (Å²) < 4.78 is 0. The number of imidazole rings is 2. The number of H-pyrrole nitrogens is 2.